The second-order valence-corrected chi connectivity index (χ2v) is 6.34. The van der Waals surface area contributed by atoms with Gasteiger partial charge in [0.25, 0.3) is 0 Å². The number of primary amides is 1. The van der Waals surface area contributed by atoms with Crippen LogP contribution in [0.15, 0.2) is 36.8 Å². The van der Waals surface area contributed by atoms with E-state index in [2.05, 4.69) is 15.1 Å². The van der Waals surface area contributed by atoms with E-state index in [-0.39, 0.29) is 0 Å². The van der Waals surface area contributed by atoms with Gasteiger partial charge in [-0.2, -0.15) is 5.10 Å². The van der Waals surface area contributed by atoms with Gasteiger partial charge in [0.1, 0.15) is 5.52 Å². The number of benzene rings is 1. The smallest absolute Gasteiger partial charge is 0.404 e. The first-order valence-electron chi connectivity index (χ1n) is 8.50. The third-order valence-corrected chi connectivity index (χ3v) is 4.28. The molecule has 0 bridgehead atoms. The first kappa shape index (κ1) is 18.1. The van der Waals surface area contributed by atoms with E-state index in [1.54, 1.807) is 18.5 Å². The van der Waals surface area contributed by atoms with Gasteiger partial charge in [-0.25, -0.2) is 9.78 Å². The molecule has 0 atom stereocenters. The number of hydrogen-bond acceptors (Lipinski definition) is 5. The van der Waals surface area contributed by atoms with E-state index in [0.717, 1.165) is 49.0 Å². The van der Waals surface area contributed by atoms with Crippen molar-refractivity contribution >= 4 is 28.7 Å². The topological polar surface area (TPSA) is 95.9 Å². The van der Waals surface area contributed by atoms with E-state index in [1.165, 1.54) is 0 Å². The number of aromatic nitrogens is 4. The predicted octanol–water partition coefficient (Wildman–Crippen LogP) is 3.80. The highest BCUT2D eigenvalue weighted by Gasteiger charge is 2.07. The summed E-state index contributed by atoms with van der Waals surface area (Å²) in [7, 11) is 0. The highest BCUT2D eigenvalue weighted by Crippen LogP contribution is 2.23. The van der Waals surface area contributed by atoms with E-state index >= 15 is 0 Å². The van der Waals surface area contributed by atoms with Crippen LogP contribution in [0.1, 0.15) is 25.7 Å². The molecular weight excluding hydrogens is 354 g/mol. The molecule has 1 aromatic carbocycles. The number of fused-ring (bicyclic) bond motifs is 1. The summed E-state index contributed by atoms with van der Waals surface area (Å²) in [6.45, 7) is 1.20. The minimum atomic E-state index is -0.716. The molecule has 0 spiro atoms. The van der Waals surface area contributed by atoms with Crippen LogP contribution in [-0.4, -0.2) is 32.4 Å². The number of amides is 1. The van der Waals surface area contributed by atoms with Crippen LogP contribution in [0.25, 0.3) is 22.3 Å². The van der Waals surface area contributed by atoms with Crippen LogP contribution >= 0.6 is 11.6 Å². The summed E-state index contributed by atoms with van der Waals surface area (Å²) in [6, 6.07) is 5.55. The monoisotopic (exact) mass is 373 g/mol. The molecule has 1 amide bonds. The molecule has 0 radical (unpaired) electrons. The van der Waals surface area contributed by atoms with Gasteiger partial charge in [-0.15, -0.1) is 0 Å². The normalized spacial score (nSPS) is 11.0. The Labute approximate surface area is 156 Å². The van der Waals surface area contributed by atoms with Crippen molar-refractivity contribution < 1.29 is 9.53 Å². The zero-order chi connectivity index (χ0) is 18.4. The summed E-state index contributed by atoms with van der Waals surface area (Å²) in [5, 5.41) is 4.97. The van der Waals surface area contributed by atoms with Crippen LogP contribution in [0.3, 0.4) is 0 Å². The second kappa shape index (κ2) is 8.62. The van der Waals surface area contributed by atoms with E-state index in [9.17, 15) is 4.79 Å². The summed E-state index contributed by atoms with van der Waals surface area (Å²) in [4.78, 5) is 19.5. The average Bonchev–Trinajstić information content (AvgIpc) is 3.10. The third-order valence-electron chi connectivity index (χ3n) is 3.98. The number of para-hydroxylation sites is 1. The number of rotatable bonds is 8. The number of nitrogens with zero attached hydrogens (tertiary/aromatic N) is 4. The lowest BCUT2D eigenvalue weighted by molar-refractivity contribution is 0.154. The quantitative estimate of drug-likeness (QED) is 0.606. The van der Waals surface area contributed by atoms with Crippen molar-refractivity contribution in [3.63, 3.8) is 0 Å². The Balaban J connectivity index is 1.53. The summed E-state index contributed by atoms with van der Waals surface area (Å²) in [5.74, 6) is 0. The van der Waals surface area contributed by atoms with E-state index in [1.807, 2.05) is 23.0 Å². The summed E-state index contributed by atoms with van der Waals surface area (Å²) < 4.78 is 6.59. The molecule has 0 fully saturated rings. The highest BCUT2D eigenvalue weighted by molar-refractivity contribution is 6.34. The van der Waals surface area contributed by atoms with Crippen molar-refractivity contribution in [2.75, 3.05) is 6.61 Å². The molecule has 136 valence electrons. The van der Waals surface area contributed by atoms with Gasteiger partial charge < -0.3 is 10.5 Å². The SMILES string of the molecule is NC(=O)OCCCCCCn1cc(-c2cnc3cccc(Cl)c3n2)cn1. The Morgan fingerprint density at radius 1 is 1.19 bits per heavy atom. The summed E-state index contributed by atoms with van der Waals surface area (Å²) in [6.07, 6.45) is 8.59. The second-order valence-electron chi connectivity index (χ2n) is 5.94. The molecule has 7 nitrogen and oxygen atoms in total. The molecule has 0 aliphatic rings. The van der Waals surface area contributed by atoms with Crippen LogP contribution in [0.4, 0.5) is 4.79 Å². The number of nitrogens with two attached hydrogens (primary N) is 1. The first-order valence-corrected chi connectivity index (χ1v) is 8.87. The van der Waals surface area contributed by atoms with Gasteiger partial charge in [-0.3, -0.25) is 9.67 Å². The van der Waals surface area contributed by atoms with Crippen LogP contribution in [0.5, 0.6) is 0 Å². The average molecular weight is 374 g/mol. The fourth-order valence-corrected chi connectivity index (χ4v) is 2.87. The van der Waals surface area contributed by atoms with Crippen LogP contribution in [-0.2, 0) is 11.3 Å². The maximum absolute atomic E-state index is 10.5. The molecule has 0 saturated carbocycles. The Hall–Kier alpha value is -2.67. The lowest BCUT2D eigenvalue weighted by atomic mass is 10.2. The van der Waals surface area contributed by atoms with Crippen molar-refractivity contribution in [1.29, 1.82) is 0 Å². The molecule has 26 heavy (non-hydrogen) atoms. The van der Waals surface area contributed by atoms with Gasteiger partial charge in [0.2, 0.25) is 0 Å². The Morgan fingerprint density at radius 3 is 2.88 bits per heavy atom. The molecule has 8 heteroatoms. The number of halogens is 1. The number of carbonyl (C=O) groups excluding carboxylic acids is 1. The zero-order valence-electron chi connectivity index (χ0n) is 14.3. The van der Waals surface area contributed by atoms with Crippen molar-refractivity contribution in [1.82, 2.24) is 19.7 Å². The molecule has 2 aromatic heterocycles. The molecular formula is C18H20ClN5O2. The minimum Gasteiger partial charge on any atom is -0.450 e. The Morgan fingerprint density at radius 2 is 2.04 bits per heavy atom. The maximum atomic E-state index is 10.5. The van der Waals surface area contributed by atoms with E-state index in [0.29, 0.717) is 17.1 Å². The van der Waals surface area contributed by atoms with Gasteiger partial charge in [-0.1, -0.05) is 24.1 Å². The van der Waals surface area contributed by atoms with Crippen molar-refractivity contribution in [3.8, 4) is 11.3 Å². The Kier molecular flexibility index (Phi) is 6.01. The third kappa shape index (κ3) is 4.70. The molecule has 0 aliphatic heterocycles. The number of carbonyl (C=O) groups is 1. The maximum Gasteiger partial charge on any atom is 0.404 e. The van der Waals surface area contributed by atoms with Crippen molar-refractivity contribution in [2.24, 2.45) is 5.73 Å². The standard InChI is InChI=1S/C18H20ClN5O2/c19-14-6-5-7-15-17(14)23-16(11-21-15)13-10-22-24(12-13)8-3-1-2-4-9-26-18(20)25/h5-7,10-12H,1-4,8-9H2,(H2,20,25). The lowest BCUT2D eigenvalue weighted by Crippen LogP contribution is -2.13. The fourth-order valence-electron chi connectivity index (χ4n) is 2.66. The molecule has 3 aromatic rings. The number of unbranched alkanes of at least 4 members (excludes halogenated alkanes) is 3. The van der Waals surface area contributed by atoms with Crippen LogP contribution in [0.2, 0.25) is 5.02 Å². The summed E-state index contributed by atoms with van der Waals surface area (Å²) in [5.41, 5.74) is 8.03. The molecule has 0 unspecified atom stereocenters. The van der Waals surface area contributed by atoms with Gasteiger partial charge >= 0.3 is 6.09 Å². The molecule has 2 N–H and O–H groups in total. The highest BCUT2D eigenvalue weighted by atomic mass is 35.5. The summed E-state index contributed by atoms with van der Waals surface area (Å²) >= 11 is 6.20. The Bertz CT molecular complexity index is 896. The number of ether oxygens (including phenoxy) is 1. The van der Waals surface area contributed by atoms with Gasteiger partial charge in [0, 0.05) is 18.3 Å². The first-order chi connectivity index (χ1) is 12.6. The minimum absolute atomic E-state index is 0.379. The van der Waals surface area contributed by atoms with Gasteiger partial charge in [0.15, 0.2) is 0 Å². The lowest BCUT2D eigenvalue weighted by Gasteiger charge is -2.03. The van der Waals surface area contributed by atoms with Crippen molar-refractivity contribution in [3.05, 3.63) is 41.8 Å². The molecule has 0 aliphatic carbocycles. The number of hydrogen-bond donors (Lipinski definition) is 1. The number of aryl methyl sites for hydroxylation is 1. The fraction of sp³-hybridized carbons (Fsp3) is 0.333. The zero-order valence-corrected chi connectivity index (χ0v) is 15.0. The van der Waals surface area contributed by atoms with Crippen molar-refractivity contribution in [2.45, 2.75) is 32.2 Å². The molecule has 3 rings (SSSR count). The van der Waals surface area contributed by atoms with E-state index in [4.69, 9.17) is 22.1 Å². The molecule has 2 heterocycles. The predicted molar refractivity (Wildman–Crippen MR) is 99.8 cm³/mol. The van der Waals surface area contributed by atoms with Crippen LogP contribution in [0, 0.1) is 0 Å². The van der Waals surface area contributed by atoms with E-state index < -0.39 is 6.09 Å². The largest absolute Gasteiger partial charge is 0.450 e. The molecule has 0 saturated heterocycles. The van der Waals surface area contributed by atoms with Gasteiger partial charge in [0.05, 0.1) is 35.2 Å². The van der Waals surface area contributed by atoms with Crippen LogP contribution < -0.4 is 5.73 Å². The van der Waals surface area contributed by atoms with Gasteiger partial charge in [-0.05, 0) is 31.4 Å².